The molecule has 1 aromatic carbocycles. The van der Waals surface area contributed by atoms with Crippen LogP contribution in [-0.4, -0.2) is 13.9 Å². The lowest BCUT2D eigenvalue weighted by Crippen LogP contribution is -2.42. The molecule has 0 spiro atoms. The molecule has 90 valence electrons. The highest BCUT2D eigenvalue weighted by molar-refractivity contribution is 6.69. The van der Waals surface area contributed by atoms with E-state index in [2.05, 4.69) is 50.8 Å². The fourth-order valence-corrected chi connectivity index (χ4v) is 3.89. The number of aryl methyl sites for hydroxylation is 1. The Balaban J connectivity index is 2.30. The van der Waals surface area contributed by atoms with Gasteiger partial charge in [0.1, 0.15) is 0 Å². The fourth-order valence-electron chi connectivity index (χ4n) is 2.53. The molecule has 0 aromatic heterocycles. The molecule has 1 unspecified atom stereocenters. The summed E-state index contributed by atoms with van der Waals surface area (Å²) in [5.41, 5.74) is 3.20. The molecule has 0 saturated carbocycles. The van der Waals surface area contributed by atoms with Gasteiger partial charge in [-0.15, -0.1) is 0 Å². The zero-order valence-corrected chi connectivity index (χ0v) is 12.0. The number of nitriles is 1. The molecule has 0 heterocycles. The molecule has 1 atom stereocenters. The van der Waals surface area contributed by atoms with Gasteiger partial charge in [0, 0.05) is 12.8 Å². The second-order valence-electron chi connectivity index (χ2n) is 5.95. The molecular formula is C14H19NOSi. The largest absolute Gasteiger partial charge is 0.399 e. The van der Waals surface area contributed by atoms with Crippen molar-refractivity contribution >= 4 is 8.32 Å². The number of rotatable bonds is 2. The summed E-state index contributed by atoms with van der Waals surface area (Å²) >= 11 is 0. The van der Waals surface area contributed by atoms with Gasteiger partial charge in [0.25, 0.3) is 0 Å². The predicted octanol–water partition coefficient (Wildman–Crippen LogP) is 3.21. The van der Waals surface area contributed by atoms with Gasteiger partial charge in [0.15, 0.2) is 13.9 Å². The first-order valence-corrected chi connectivity index (χ1v) is 9.44. The van der Waals surface area contributed by atoms with Gasteiger partial charge in [-0.2, -0.15) is 5.26 Å². The average molecular weight is 245 g/mol. The quantitative estimate of drug-likeness (QED) is 0.750. The van der Waals surface area contributed by atoms with E-state index in [9.17, 15) is 5.26 Å². The van der Waals surface area contributed by atoms with Crippen molar-refractivity contribution in [3.8, 4) is 6.07 Å². The van der Waals surface area contributed by atoms with E-state index >= 15 is 0 Å². The zero-order chi connectivity index (χ0) is 12.7. The molecule has 0 radical (unpaired) electrons. The number of nitrogens with zero attached hydrogens (tertiary/aromatic N) is 1. The van der Waals surface area contributed by atoms with Gasteiger partial charge in [0.05, 0.1) is 6.07 Å². The van der Waals surface area contributed by atoms with Crippen molar-refractivity contribution in [1.29, 1.82) is 5.26 Å². The van der Waals surface area contributed by atoms with Gasteiger partial charge in [0.2, 0.25) is 0 Å². The SMILES string of the molecule is Cc1ccc2c(c1)CC(C#N)(O[Si](C)(C)C)C2. The van der Waals surface area contributed by atoms with Crippen LogP contribution in [0, 0.1) is 18.3 Å². The summed E-state index contributed by atoms with van der Waals surface area (Å²) in [6.45, 7) is 8.51. The molecule has 3 heteroatoms. The van der Waals surface area contributed by atoms with Crippen molar-refractivity contribution in [1.82, 2.24) is 0 Å². The van der Waals surface area contributed by atoms with Gasteiger partial charge in [-0.1, -0.05) is 23.8 Å². The van der Waals surface area contributed by atoms with Gasteiger partial charge >= 0.3 is 0 Å². The molecule has 0 bridgehead atoms. The molecule has 0 fully saturated rings. The van der Waals surface area contributed by atoms with Crippen LogP contribution >= 0.6 is 0 Å². The topological polar surface area (TPSA) is 33.0 Å². The summed E-state index contributed by atoms with van der Waals surface area (Å²) in [6.07, 6.45) is 1.48. The third-order valence-corrected chi connectivity index (χ3v) is 4.02. The summed E-state index contributed by atoms with van der Waals surface area (Å²) < 4.78 is 6.14. The third kappa shape index (κ3) is 2.59. The Bertz CT molecular complexity index is 484. The standard InChI is InChI=1S/C14H19NOSi/c1-11-5-6-12-8-14(10-15,9-13(12)7-11)16-17(2,3)4/h5-7H,8-9H2,1-4H3. The molecule has 2 rings (SSSR count). The summed E-state index contributed by atoms with van der Waals surface area (Å²) in [4.78, 5) is 0. The van der Waals surface area contributed by atoms with Crippen molar-refractivity contribution in [3.05, 3.63) is 34.9 Å². The van der Waals surface area contributed by atoms with Gasteiger partial charge < -0.3 is 4.43 Å². The molecule has 1 aliphatic rings. The molecule has 0 aliphatic heterocycles. The first-order valence-electron chi connectivity index (χ1n) is 6.03. The number of hydrogen-bond donors (Lipinski definition) is 0. The highest BCUT2D eigenvalue weighted by Gasteiger charge is 2.41. The van der Waals surface area contributed by atoms with Gasteiger partial charge in [-0.25, -0.2) is 0 Å². The third-order valence-electron chi connectivity index (χ3n) is 3.02. The van der Waals surface area contributed by atoms with Crippen molar-refractivity contribution < 1.29 is 4.43 Å². The van der Waals surface area contributed by atoms with E-state index in [0.29, 0.717) is 0 Å². The second-order valence-corrected chi connectivity index (χ2v) is 10.4. The molecule has 0 saturated heterocycles. The van der Waals surface area contributed by atoms with Crippen molar-refractivity contribution in [3.63, 3.8) is 0 Å². The predicted molar refractivity (Wildman–Crippen MR) is 71.4 cm³/mol. The van der Waals surface area contributed by atoms with Crippen molar-refractivity contribution in [2.24, 2.45) is 0 Å². The number of hydrogen-bond acceptors (Lipinski definition) is 2. The van der Waals surface area contributed by atoms with Crippen LogP contribution in [0.3, 0.4) is 0 Å². The Kier molecular flexibility index (Phi) is 2.88. The highest BCUT2D eigenvalue weighted by atomic mass is 28.4. The lowest BCUT2D eigenvalue weighted by atomic mass is 10.0. The molecule has 0 amide bonds. The number of benzene rings is 1. The molecule has 2 nitrogen and oxygen atoms in total. The minimum absolute atomic E-state index is 0.611. The van der Waals surface area contributed by atoms with E-state index in [1.54, 1.807) is 0 Å². The average Bonchev–Trinajstić information content (AvgIpc) is 2.53. The molecule has 1 aliphatic carbocycles. The summed E-state index contributed by atoms with van der Waals surface area (Å²) in [7, 11) is -1.69. The summed E-state index contributed by atoms with van der Waals surface area (Å²) in [5, 5.41) is 9.47. The Hall–Kier alpha value is -1.11. The Morgan fingerprint density at radius 1 is 1.24 bits per heavy atom. The van der Waals surface area contributed by atoms with Gasteiger partial charge in [-0.05, 0) is 37.7 Å². The summed E-state index contributed by atoms with van der Waals surface area (Å²) in [5.74, 6) is 0. The van der Waals surface area contributed by atoms with Crippen molar-refractivity contribution in [2.75, 3.05) is 0 Å². The van der Waals surface area contributed by atoms with E-state index in [1.165, 1.54) is 16.7 Å². The fraction of sp³-hybridized carbons (Fsp3) is 0.500. The van der Waals surface area contributed by atoms with E-state index < -0.39 is 13.9 Å². The molecular weight excluding hydrogens is 226 g/mol. The normalized spacial score (nSPS) is 23.2. The highest BCUT2D eigenvalue weighted by Crippen LogP contribution is 2.35. The molecule has 1 aromatic rings. The lowest BCUT2D eigenvalue weighted by Gasteiger charge is -2.29. The Labute approximate surface area is 104 Å². The van der Waals surface area contributed by atoms with Crippen LogP contribution in [0.15, 0.2) is 18.2 Å². The summed E-state index contributed by atoms with van der Waals surface area (Å²) in [6, 6.07) is 8.84. The monoisotopic (exact) mass is 245 g/mol. The van der Waals surface area contributed by atoms with Gasteiger partial charge in [-0.3, -0.25) is 0 Å². The smallest absolute Gasteiger partial charge is 0.185 e. The van der Waals surface area contributed by atoms with Crippen LogP contribution in [0.4, 0.5) is 0 Å². The first-order chi connectivity index (χ1) is 7.84. The second kappa shape index (κ2) is 3.97. The minimum atomic E-state index is -1.69. The van der Waals surface area contributed by atoms with E-state index in [-0.39, 0.29) is 0 Å². The Morgan fingerprint density at radius 3 is 2.47 bits per heavy atom. The van der Waals surface area contributed by atoms with Crippen LogP contribution in [0.1, 0.15) is 16.7 Å². The maximum atomic E-state index is 9.47. The van der Waals surface area contributed by atoms with Crippen molar-refractivity contribution in [2.45, 2.75) is 45.0 Å². The van der Waals surface area contributed by atoms with Crippen LogP contribution in [0.2, 0.25) is 19.6 Å². The maximum Gasteiger partial charge on any atom is 0.185 e. The van der Waals surface area contributed by atoms with Crippen LogP contribution in [0.25, 0.3) is 0 Å². The number of fused-ring (bicyclic) bond motifs is 1. The Morgan fingerprint density at radius 2 is 1.88 bits per heavy atom. The van der Waals surface area contributed by atoms with E-state index in [0.717, 1.165) is 12.8 Å². The lowest BCUT2D eigenvalue weighted by molar-refractivity contribution is 0.132. The van der Waals surface area contributed by atoms with Crippen LogP contribution in [-0.2, 0) is 17.3 Å². The van der Waals surface area contributed by atoms with E-state index in [1.807, 2.05) is 0 Å². The minimum Gasteiger partial charge on any atom is -0.399 e. The first kappa shape index (κ1) is 12.3. The van der Waals surface area contributed by atoms with E-state index in [4.69, 9.17) is 4.43 Å². The van der Waals surface area contributed by atoms with Crippen LogP contribution in [0.5, 0.6) is 0 Å². The maximum absolute atomic E-state index is 9.47. The molecule has 0 N–H and O–H groups in total. The van der Waals surface area contributed by atoms with Crippen LogP contribution < -0.4 is 0 Å². The zero-order valence-electron chi connectivity index (χ0n) is 11.0. The molecule has 17 heavy (non-hydrogen) atoms.